The number of hydrogen-bond donors (Lipinski definition) is 2. The number of aromatic amines is 1. The van der Waals surface area contributed by atoms with Crippen molar-refractivity contribution in [1.29, 1.82) is 0 Å². The van der Waals surface area contributed by atoms with Gasteiger partial charge in [0.1, 0.15) is 5.82 Å². The monoisotopic (exact) mass is 381 g/mol. The number of halogens is 2. The first-order valence-electron chi connectivity index (χ1n) is 7.82. The Bertz CT molecular complexity index is 859. The SMILES string of the molecule is Cl.Cl.N[C@@H](Cc1c[nH]c2ccccc12)C(=O)N1CCn2ccnc2C1. The summed E-state index contributed by atoms with van der Waals surface area (Å²) in [6.45, 7) is 2.00. The molecule has 0 spiro atoms. The van der Waals surface area contributed by atoms with E-state index in [4.69, 9.17) is 5.73 Å². The number of nitrogens with two attached hydrogens (primary N) is 1. The van der Waals surface area contributed by atoms with Crippen molar-refractivity contribution in [2.45, 2.75) is 25.6 Å². The molecule has 3 aromatic rings. The molecule has 1 aromatic carbocycles. The Balaban J connectivity index is 0.00000113. The number of nitrogens with zero attached hydrogens (tertiary/aromatic N) is 3. The largest absolute Gasteiger partial charge is 0.361 e. The molecule has 1 amide bonds. The smallest absolute Gasteiger partial charge is 0.240 e. The van der Waals surface area contributed by atoms with Crippen molar-refractivity contribution < 1.29 is 4.79 Å². The molecule has 0 saturated heterocycles. The summed E-state index contributed by atoms with van der Waals surface area (Å²) in [6.07, 6.45) is 6.20. The van der Waals surface area contributed by atoms with Crippen LogP contribution in [0.1, 0.15) is 11.4 Å². The maximum absolute atomic E-state index is 12.6. The number of hydrogen-bond acceptors (Lipinski definition) is 3. The van der Waals surface area contributed by atoms with Crippen molar-refractivity contribution in [2.75, 3.05) is 6.54 Å². The molecule has 0 saturated carbocycles. The van der Waals surface area contributed by atoms with Gasteiger partial charge < -0.3 is 20.2 Å². The van der Waals surface area contributed by atoms with Crippen molar-refractivity contribution in [3.63, 3.8) is 0 Å². The predicted octanol–water partition coefficient (Wildman–Crippen LogP) is 2.12. The highest BCUT2D eigenvalue weighted by molar-refractivity contribution is 5.86. The van der Waals surface area contributed by atoms with E-state index < -0.39 is 6.04 Å². The van der Waals surface area contributed by atoms with Crippen LogP contribution in [0, 0.1) is 0 Å². The number of carbonyl (C=O) groups excluding carboxylic acids is 1. The molecule has 25 heavy (non-hydrogen) atoms. The van der Waals surface area contributed by atoms with E-state index >= 15 is 0 Å². The van der Waals surface area contributed by atoms with Gasteiger partial charge in [-0.15, -0.1) is 24.8 Å². The summed E-state index contributed by atoms with van der Waals surface area (Å²) in [6, 6.07) is 7.53. The fourth-order valence-corrected chi connectivity index (χ4v) is 3.22. The molecule has 8 heteroatoms. The summed E-state index contributed by atoms with van der Waals surface area (Å²) < 4.78 is 2.08. The lowest BCUT2D eigenvalue weighted by Gasteiger charge is -2.29. The number of aromatic nitrogens is 3. The number of nitrogens with one attached hydrogen (secondary N) is 1. The van der Waals surface area contributed by atoms with E-state index in [1.165, 1.54) is 0 Å². The van der Waals surface area contributed by atoms with Gasteiger partial charge in [0.2, 0.25) is 5.91 Å². The predicted molar refractivity (Wildman–Crippen MR) is 102 cm³/mol. The molecule has 3 heterocycles. The Labute approximate surface area is 158 Å². The second kappa shape index (κ2) is 7.91. The maximum atomic E-state index is 12.6. The minimum absolute atomic E-state index is 0. The van der Waals surface area contributed by atoms with Gasteiger partial charge in [0.15, 0.2) is 0 Å². The average Bonchev–Trinajstić information content (AvgIpc) is 3.20. The molecule has 2 aromatic heterocycles. The summed E-state index contributed by atoms with van der Waals surface area (Å²) in [5, 5.41) is 1.13. The molecule has 6 nitrogen and oxygen atoms in total. The number of imidazole rings is 1. The molecule has 1 aliphatic heterocycles. The first kappa shape index (κ1) is 19.3. The standard InChI is InChI=1S/C17H19N5O.2ClH/c18-14(9-12-10-20-15-4-2-1-3-13(12)15)17(23)22-8-7-21-6-5-19-16(21)11-22;;/h1-6,10,14,20H,7-9,11,18H2;2*1H/t14-;;/m0../s1. The lowest BCUT2D eigenvalue weighted by atomic mass is 10.0. The highest BCUT2D eigenvalue weighted by Crippen LogP contribution is 2.20. The second-order valence-corrected chi connectivity index (χ2v) is 5.97. The number of fused-ring (bicyclic) bond motifs is 2. The van der Waals surface area contributed by atoms with E-state index in [9.17, 15) is 4.79 Å². The number of amides is 1. The lowest BCUT2D eigenvalue weighted by molar-refractivity contribution is -0.134. The topological polar surface area (TPSA) is 79.9 Å². The molecule has 134 valence electrons. The highest BCUT2D eigenvalue weighted by atomic mass is 35.5. The minimum atomic E-state index is -0.532. The van der Waals surface area contributed by atoms with Crippen LogP contribution in [-0.2, 0) is 24.3 Å². The van der Waals surface area contributed by atoms with Gasteiger partial charge in [-0.2, -0.15) is 0 Å². The van der Waals surface area contributed by atoms with Crippen molar-refractivity contribution >= 4 is 41.6 Å². The van der Waals surface area contributed by atoms with Gasteiger partial charge in [0.25, 0.3) is 0 Å². The zero-order valence-electron chi connectivity index (χ0n) is 13.6. The van der Waals surface area contributed by atoms with E-state index in [0.29, 0.717) is 19.5 Å². The highest BCUT2D eigenvalue weighted by Gasteiger charge is 2.26. The van der Waals surface area contributed by atoms with Crippen molar-refractivity contribution in [1.82, 2.24) is 19.4 Å². The summed E-state index contributed by atoms with van der Waals surface area (Å²) in [5.74, 6) is 0.911. The summed E-state index contributed by atoms with van der Waals surface area (Å²) in [7, 11) is 0. The molecule has 0 bridgehead atoms. The van der Waals surface area contributed by atoms with Gasteiger partial charge in [-0.1, -0.05) is 18.2 Å². The molecule has 0 fully saturated rings. The molecule has 0 aliphatic carbocycles. The van der Waals surface area contributed by atoms with E-state index in [1.54, 1.807) is 6.20 Å². The molecule has 3 N–H and O–H groups in total. The molecule has 1 aliphatic rings. The quantitative estimate of drug-likeness (QED) is 0.728. The van der Waals surface area contributed by atoms with Crippen LogP contribution in [0.2, 0.25) is 0 Å². The van der Waals surface area contributed by atoms with Crippen LogP contribution in [-0.4, -0.2) is 37.9 Å². The Kier molecular flexibility index (Phi) is 6.11. The fourth-order valence-electron chi connectivity index (χ4n) is 3.22. The zero-order valence-corrected chi connectivity index (χ0v) is 15.2. The number of benzene rings is 1. The van der Waals surface area contributed by atoms with Crippen LogP contribution in [0.3, 0.4) is 0 Å². The Morgan fingerprint density at radius 3 is 2.92 bits per heavy atom. The molecule has 0 radical (unpaired) electrons. The molecular formula is C17H21Cl2N5O. The third-order valence-electron chi connectivity index (χ3n) is 4.49. The molecule has 4 rings (SSSR count). The van der Waals surface area contributed by atoms with Crippen LogP contribution >= 0.6 is 24.8 Å². The van der Waals surface area contributed by atoms with Gasteiger partial charge in [0, 0.05) is 42.6 Å². The number of carbonyl (C=O) groups is 1. The summed E-state index contributed by atoms with van der Waals surface area (Å²) in [4.78, 5) is 22.0. The minimum Gasteiger partial charge on any atom is -0.361 e. The van der Waals surface area contributed by atoms with E-state index in [0.717, 1.165) is 28.8 Å². The van der Waals surface area contributed by atoms with E-state index in [-0.39, 0.29) is 30.7 Å². The van der Waals surface area contributed by atoms with E-state index in [1.807, 2.05) is 35.5 Å². The second-order valence-electron chi connectivity index (χ2n) is 5.97. The van der Waals surface area contributed by atoms with Gasteiger partial charge in [-0.3, -0.25) is 4.79 Å². The average molecular weight is 382 g/mol. The number of H-pyrrole nitrogens is 1. The molecule has 0 unspecified atom stereocenters. The van der Waals surface area contributed by atoms with Crippen LogP contribution in [0.15, 0.2) is 42.9 Å². The first-order valence-corrected chi connectivity index (χ1v) is 7.82. The van der Waals surface area contributed by atoms with Crippen LogP contribution in [0.4, 0.5) is 0 Å². The van der Waals surface area contributed by atoms with Crippen molar-refractivity contribution in [3.8, 4) is 0 Å². The Morgan fingerprint density at radius 2 is 2.08 bits per heavy atom. The van der Waals surface area contributed by atoms with Crippen LogP contribution in [0.5, 0.6) is 0 Å². The van der Waals surface area contributed by atoms with E-state index in [2.05, 4.69) is 20.6 Å². The first-order chi connectivity index (χ1) is 11.2. The van der Waals surface area contributed by atoms with Gasteiger partial charge in [0.05, 0.1) is 12.6 Å². The van der Waals surface area contributed by atoms with Gasteiger partial charge in [-0.05, 0) is 18.1 Å². The summed E-state index contributed by atoms with van der Waals surface area (Å²) in [5.41, 5.74) is 8.35. The van der Waals surface area contributed by atoms with Gasteiger partial charge >= 0.3 is 0 Å². The molecule has 1 atom stereocenters. The molecular weight excluding hydrogens is 361 g/mol. The van der Waals surface area contributed by atoms with Crippen LogP contribution < -0.4 is 5.73 Å². The Hall–Kier alpha value is -2.02. The van der Waals surface area contributed by atoms with Crippen molar-refractivity contribution in [3.05, 3.63) is 54.2 Å². The Morgan fingerprint density at radius 1 is 1.28 bits per heavy atom. The maximum Gasteiger partial charge on any atom is 0.240 e. The van der Waals surface area contributed by atoms with Crippen molar-refractivity contribution in [2.24, 2.45) is 5.73 Å². The normalized spacial score (nSPS) is 14.4. The zero-order chi connectivity index (χ0) is 15.8. The van der Waals surface area contributed by atoms with Gasteiger partial charge in [-0.25, -0.2) is 4.98 Å². The summed E-state index contributed by atoms with van der Waals surface area (Å²) >= 11 is 0. The number of rotatable bonds is 3. The van der Waals surface area contributed by atoms with Crippen LogP contribution in [0.25, 0.3) is 10.9 Å². The number of para-hydroxylation sites is 1. The third kappa shape index (κ3) is 3.66. The third-order valence-corrected chi connectivity index (χ3v) is 4.49. The fraction of sp³-hybridized carbons (Fsp3) is 0.294. The lowest BCUT2D eigenvalue weighted by Crippen LogP contribution is -2.47.